The van der Waals surface area contributed by atoms with Gasteiger partial charge in [-0.15, -0.1) is 0 Å². The highest BCUT2D eigenvalue weighted by Gasteiger charge is 2.28. The lowest BCUT2D eigenvalue weighted by molar-refractivity contribution is -0.830. The van der Waals surface area contributed by atoms with Crippen LogP contribution in [0.4, 0.5) is 23.0 Å². The molecule has 0 saturated carbocycles. The number of nitrogens with one attached hydrogen (secondary N) is 2. The SMILES string of the molecule is CO[NH2+]c1cccc(SNc2nc3ccccc3nc2Nc2ccc(C3c4ccccc4Oc4ccccc43)cc2)c1. The molecule has 6 aromatic rings. The zero-order valence-electron chi connectivity index (χ0n) is 22.8. The summed E-state index contributed by atoms with van der Waals surface area (Å²) < 4.78 is 9.62. The Morgan fingerprint density at radius 2 is 1.36 bits per heavy atom. The molecule has 206 valence electrons. The van der Waals surface area contributed by atoms with E-state index in [1.165, 1.54) is 17.5 Å². The Kier molecular flexibility index (Phi) is 7.15. The number of ether oxygens (including phenoxy) is 1. The summed E-state index contributed by atoms with van der Waals surface area (Å²) in [6.45, 7) is 0. The molecule has 5 aromatic carbocycles. The van der Waals surface area contributed by atoms with Gasteiger partial charge in [-0.3, -0.25) is 0 Å². The Labute approximate surface area is 248 Å². The molecule has 0 fully saturated rings. The molecule has 4 N–H and O–H groups in total. The second kappa shape index (κ2) is 11.5. The third-order valence-corrected chi connectivity index (χ3v) is 7.92. The molecular formula is C34H28N5O2S+. The predicted octanol–water partition coefficient (Wildman–Crippen LogP) is 7.53. The number of anilines is 3. The van der Waals surface area contributed by atoms with Crippen molar-refractivity contribution in [2.75, 3.05) is 17.1 Å². The minimum atomic E-state index is 0.0837. The maximum atomic E-state index is 6.21. The quantitative estimate of drug-likeness (QED) is 0.0989. The van der Waals surface area contributed by atoms with E-state index in [9.17, 15) is 0 Å². The van der Waals surface area contributed by atoms with E-state index in [-0.39, 0.29) is 5.92 Å². The lowest BCUT2D eigenvalue weighted by atomic mass is 9.82. The van der Waals surface area contributed by atoms with Gasteiger partial charge in [0.1, 0.15) is 11.5 Å². The molecule has 0 saturated heterocycles. The van der Waals surface area contributed by atoms with Crippen LogP contribution in [0.15, 0.2) is 126 Å². The minimum Gasteiger partial charge on any atom is -0.457 e. The normalized spacial score (nSPS) is 12.3. The van der Waals surface area contributed by atoms with Crippen LogP contribution in [0.25, 0.3) is 11.0 Å². The number of hydrogen-bond donors (Lipinski definition) is 3. The van der Waals surface area contributed by atoms with Crippen LogP contribution in [0, 0.1) is 0 Å². The first-order valence-corrected chi connectivity index (χ1v) is 14.5. The zero-order chi connectivity index (χ0) is 28.3. The van der Waals surface area contributed by atoms with Crippen LogP contribution in [0.5, 0.6) is 11.5 Å². The number of rotatable bonds is 8. The molecule has 1 aliphatic heterocycles. The maximum absolute atomic E-state index is 6.21. The number of aromatic nitrogens is 2. The van der Waals surface area contributed by atoms with Crippen molar-refractivity contribution < 1.29 is 15.1 Å². The number of nitrogens with two attached hydrogens (primary N) is 1. The van der Waals surface area contributed by atoms with Gasteiger partial charge in [-0.2, -0.15) is 5.48 Å². The molecule has 1 aliphatic rings. The van der Waals surface area contributed by atoms with Crippen LogP contribution in [0.1, 0.15) is 22.6 Å². The van der Waals surface area contributed by atoms with Gasteiger partial charge in [0, 0.05) is 39.8 Å². The highest BCUT2D eigenvalue weighted by molar-refractivity contribution is 8.00. The minimum absolute atomic E-state index is 0.0837. The van der Waals surface area contributed by atoms with Crippen molar-refractivity contribution in [2.45, 2.75) is 10.8 Å². The predicted molar refractivity (Wildman–Crippen MR) is 168 cm³/mol. The number of nitrogens with zero attached hydrogens (tertiary/aromatic N) is 2. The third kappa shape index (κ3) is 5.26. The Morgan fingerprint density at radius 1 is 0.714 bits per heavy atom. The van der Waals surface area contributed by atoms with Crippen LogP contribution in [0.3, 0.4) is 0 Å². The third-order valence-electron chi connectivity index (χ3n) is 7.13. The molecular weight excluding hydrogens is 542 g/mol. The van der Waals surface area contributed by atoms with Crippen molar-refractivity contribution in [2.24, 2.45) is 0 Å². The summed E-state index contributed by atoms with van der Waals surface area (Å²) in [4.78, 5) is 16.0. The van der Waals surface area contributed by atoms with Gasteiger partial charge in [-0.1, -0.05) is 66.7 Å². The number of benzene rings is 5. The van der Waals surface area contributed by atoms with E-state index in [0.29, 0.717) is 11.6 Å². The van der Waals surface area contributed by atoms with E-state index in [1.807, 2.05) is 72.8 Å². The number of quaternary nitrogens is 1. The molecule has 0 bridgehead atoms. The second-order valence-corrected chi connectivity index (χ2v) is 10.8. The fourth-order valence-electron chi connectivity index (χ4n) is 5.22. The first-order valence-electron chi connectivity index (χ1n) is 13.6. The van der Waals surface area contributed by atoms with E-state index in [1.54, 1.807) is 12.6 Å². The van der Waals surface area contributed by atoms with Crippen molar-refractivity contribution in [3.05, 3.63) is 138 Å². The Morgan fingerprint density at radius 3 is 2.05 bits per heavy atom. The molecule has 0 spiro atoms. The molecule has 0 aliphatic carbocycles. The molecule has 8 heteroatoms. The summed E-state index contributed by atoms with van der Waals surface area (Å²) in [6.07, 6.45) is 0. The summed E-state index contributed by atoms with van der Waals surface area (Å²) in [7, 11) is 1.65. The molecule has 0 amide bonds. The van der Waals surface area contributed by atoms with E-state index in [2.05, 4.69) is 58.6 Å². The van der Waals surface area contributed by atoms with Crippen LogP contribution in [-0.4, -0.2) is 17.1 Å². The average molecular weight is 571 g/mol. The smallest absolute Gasteiger partial charge is 0.180 e. The molecule has 0 atom stereocenters. The summed E-state index contributed by atoms with van der Waals surface area (Å²) >= 11 is 1.48. The van der Waals surface area contributed by atoms with Gasteiger partial charge in [0.2, 0.25) is 0 Å². The van der Waals surface area contributed by atoms with Crippen molar-refractivity contribution in [1.82, 2.24) is 9.97 Å². The average Bonchev–Trinajstić information content (AvgIpc) is 3.03. The van der Waals surface area contributed by atoms with E-state index in [0.717, 1.165) is 49.9 Å². The molecule has 7 rings (SSSR count). The lowest BCUT2D eigenvalue weighted by Crippen LogP contribution is -2.75. The Balaban J connectivity index is 1.18. The van der Waals surface area contributed by atoms with Gasteiger partial charge in [-0.25, -0.2) is 14.8 Å². The molecule has 7 nitrogen and oxygen atoms in total. The molecule has 0 unspecified atom stereocenters. The van der Waals surface area contributed by atoms with Gasteiger partial charge in [-0.05, 0) is 60.0 Å². The van der Waals surface area contributed by atoms with Crippen molar-refractivity contribution in [3.8, 4) is 11.5 Å². The highest BCUT2D eigenvalue weighted by atomic mass is 32.2. The van der Waals surface area contributed by atoms with Crippen LogP contribution in [0.2, 0.25) is 0 Å². The lowest BCUT2D eigenvalue weighted by Gasteiger charge is -2.28. The van der Waals surface area contributed by atoms with E-state index in [4.69, 9.17) is 19.5 Å². The zero-order valence-corrected chi connectivity index (χ0v) is 23.6. The van der Waals surface area contributed by atoms with Gasteiger partial charge >= 0.3 is 0 Å². The second-order valence-electron chi connectivity index (χ2n) is 9.90. The van der Waals surface area contributed by atoms with Crippen molar-refractivity contribution in [1.29, 1.82) is 0 Å². The van der Waals surface area contributed by atoms with Crippen molar-refractivity contribution in [3.63, 3.8) is 0 Å². The number of hydrogen-bond acceptors (Lipinski definition) is 7. The van der Waals surface area contributed by atoms with Gasteiger partial charge in [0.05, 0.1) is 18.1 Å². The Bertz CT molecular complexity index is 1830. The fourth-order valence-corrected chi connectivity index (χ4v) is 5.92. The summed E-state index contributed by atoms with van der Waals surface area (Å²) in [5, 5.41) is 3.50. The van der Waals surface area contributed by atoms with Crippen LogP contribution in [-0.2, 0) is 4.84 Å². The topological polar surface area (TPSA) is 84.9 Å². The summed E-state index contributed by atoms with van der Waals surface area (Å²) in [5.74, 6) is 3.18. The standard InChI is InChI=1S/C34H27N5O2S/c1-40-38-24-9-8-10-25(21-24)42-39-34-33(36-28-13-4-5-14-29(28)37-34)35-23-19-17-22(18-20-23)32-26-11-2-6-15-30(26)41-31-16-7-3-12-27(31)32/h2-21,32,38H,1H3,(H,35,36)(H,37,39)/p+1. The molecule has 42 heavy (non-hydrogen) atoms. The largest absolute Gasteiger partial charge is 0.457 e. The first-order chi connectivity index (χ1) is 20.7. The van der Waals surface area contributed by atoms with E-state index >= 15 is 0 Å². The van der Waals surface area contributed by atoms with Crippen LogP contribution >= 0.6 is 11.9 Å². The summed E-state index contributed by atoms with van der Waals surface area (Å²) in [5.41, 5.74) is 8.77. The van der Waals surface area contributed by atoms with Gasteiger partial charge < -0.3 is 14.8 Å². The number of para-hydroxylation sites is 4. The van der Waals surface area contributed by atoms with Gasteiger partial charge in [0.15, 0.2) is 17.3 Å². The first kappa shape index (κ1) is 26.0. The number of fused-ring (bicyclic) bond motifs is 3. The molecule has 2 heterocycles. The van der Waals surface area contributed by atoms with Crippen molar-refractivity contribution >= 4 is 46.0 Å². The fraction of sp³-hybridized carbons (Fsp3) is 0.0588. The van der Waals surface area contributed by atoms with Gasteiger partial charge in [0.25, 0.3) is 0 Å². The Hall–Kier alpha value is -4.89. The monoisotopic (exact) mass is 570 g/mol. The molecule has 1 aromatic heterocycles. The highest BCUT2D eigenvalue weighted by Crippen LogP contribution is 2.47. The molecule has 0 radical (unpaired) electrons. The van der Waals surface area contributed by atoms with E-state index < -0.39 is 0 Å². The summed E-state index contributed by atoms with van der Waals surface area (Å²) in [6, 6.07) is 41.0. The maximum Gasteiger partial charge on any atom is 0.180 e. The van der Waals surface area contributed by atoms with Crippen LogP contribution < -0.4 is 20.3 Å².